The van der Waals surface area contributed by atoms with Gasteiger partial charge in [-0.1, -0.05) is 12.1 Å². The summed E-state index contributed by atoms with van der Waals surface area (Å²) in [4.78, 5) is 8.45. The lowest BCUT2D eigenvalue weighted by Gasteiger charge is -2.16. The highest BCUT2D eigenvalue weighted by atomic mass is 35.5. The third-order valence-electron chi connectivity index (χ3n) is 2.44. The van der Waals surface area contributed by atoms with E-state index in [-0.39, 0.29) is 6.04 Å². The molecule has 1 unspecified atom stereocenters. The molecular weight excluding hydrogens is 238 g/mol. The molecule has 2 aromatic rings. The lowest BCUT2D eigenvalue weighted by Crippen LogP contribution is -2.27. The second-order valence-electron chi connectivity index (χ2n) is 3.69. The van der Waals surface area contributed by atoms with E-state index < -0.39 is 0 Å². The standard InChI is InChI=1S/C12H14ClN3O/c1-17-7-9(6-13)16-12-10-4-2-3-5-11(10)14-8-15-12/h2-5,8-9H,6-7H2,1H3,(H,14,15,16). The van der Waals surface area contributed by atoms with Gasteiger partial charge in [-0.15, -0.1) is 11.6 Å². The zero-order valence-corrected chi connectivity index (χ0v) is 10.3. The van der Waals surface area contributed by atoms with E-state index in [0.29, 0.717) is 12.5 Å². The topological polar surface area (TPSA) is 47.0 Å². The summed E-state index contributed by atoms with van der Waals surface area (Å²) < 4.78 is 5.09. The second-order valence-corrected chi connectivity index (χ2v) is 4.00. The molecule has 1 aromatic heterocycles. The summed E-state index contributed by atoms with van der Waals surface area (Å²) in [5, 5.41) is 4.25. The molecule has 0 aliphatic carbocycles. The highest BCUT2D eigenvalue weighted by Crippen LogP contribution is 2.19. The van der Waals surface area contributed by atoms with Gasteiger partial charge in [-0.2, -0.15) is 0 Å². The Bertz CT molecular complexity index is 487. The number of ether oxygens (including phenoxy) is 1. The van der Waals surface area contributed by atoms with Crippen molar-refractivity contribution in [1.29, 1.82) is 0 Å². The molecule has 0 fully saturated rings. The zero-order chi connectivity index (χ0) is 12.1. The first kappa shape index (κ1) is 12.1. The molecule has 1 heterocycles. The van der Waals surface area contributed by atoms with Crippen molar-refractivity contribution in [3.05, 3.63) is 30.6 Å². The van der Waals surface area contributed by atoms with E-state index >= 15 is 0 Å². The summed E-state index contributed by atoms with van der Waals surface area (Å²) >= 11 is 5.86. The number of hydrogen-bond acceptors (Lipinski definition) is 4. The van der Waals surface area contributed by atoms with Crippen LogP contribution in [-0.2, 0) is 4.74 Å². The van der Waals surface area contributed by atoms with Crippen LogP contribution in [0.15, 0.2) is 30.6 Å². The molecule has 1 atom stereocenters. The molecule has 1 N–H and O–H groups in total. The van der Waals surface area contributed by atoms with Gasteiger partial charge in [0, 0.05) is 18.4 Å². The van der Waals surface area contributed by atoms with E-state index in [9.17, 15) is 0 Å². The van der Waals surface area contributed by atoms with Crippen molar-refractivity contribution in [2.24, 2.45) is 0 Å². The molecule has 0 bridgehead atoms. The number of rotatable bonds is 5. The maximum absolute atomic E-state index is 5.86. The quantitative estimate of drug-likeness (QED) is 0.829. The van der Waals surface area contributed by atoms with Crippen LogP contribution in [0.3, 0.4) is 0 Å². The fraction of sp³-hybridized carbons (Fsp3) is 0.333. The van der Waals surface area contributed by atoms with Crippen LogP contribution in [0.5, 0.6) is 0 Å². The van der Waals surface area contributed by atoms with Crippen molar-refractivity contribution in [2.45, 2.75) is 6.04 Å². The van der Waals surface area contributed by atoms with Crippen molar-refractivity contribution in [3.8, 4) is 0 Å². The Hall–Kier alpha value is -1.39. The van der Waals surface area contributed by atoms with Crippen LogP contribution >= 0.6 is 11.6 Å². The van der Waals surface area contributed by atoms with Gasteiger partial charge in [0.15, 0.2) is 0 Å². The van der Waals surface area contributed by atoms with Gasteiger partial charge >= 0.3 is 0 Å². The SMILES string of the molecule is COCC(CCl)Nc1ncnc2ccccc12. The van der Waals surface area contributed by atoms with Crippen LogP contribution in [0.1, 0.15) is 0 Å². The number of methoxy groups -OCH3 is 1. The van der Waals surface area contributed by atoms with Crippen LogP contribution in [0.2, 0.25) is 0 Å². The number of alkyl halides is 1. The monoisotopic (exact) mass is 251 g/mol. The maximum atomic E-state index is 5.86. The van der Waals surface area contributed by atoms with Crippen molar-refractivity contribution in [1.82, 2.24) is 9.97 Å². The normalized spacial score (nSPS) is 12.6. The van der Waals surface area contributed by atoms with Crippen molar-refractivity contribution in [2.75, 3.05) is 24.9 Å². The minimum Gasteiger partial charge on any atom is -0.383 e. The number of hydrogen-bond donors (Lipinski definition) is 1. The third kappa shape index (κ3) is 2.84. The van der Waals surface area contributed by atoms with E-state index in [4.69, 9.17) is 16.3 Å². The molecule has 0 spiro atoms. The summed E-state index contributed by atoms with van der Waals surface area (Å²) in [6, 6.07) is 7.89. The Labute approximate surface area is 105 Å². The zero-order valence-electron chi connectivity index (χ0n) is 9.56. The molecule has 17 heavy (non-hydrogen) atoms. The van der Waals surface area contributed by atoms with Crippen LogP contribution in [-0.4, -0.2) is 35.6 Å². The summed E-state index contributed by atoms with van der Waals surface area (Å²) in [6.45, 7) is 0.543. The van der Waals surface area contributed by atoms with Crippen LogP contribution in [0, 0.1) is 0 Å². The van der Waals surface area contributed by atoms with Crippen LogP contribution < -0.4 is 5.32 Å². The Balaban J connectivity index is 2.28. The number of aromatic nitrogens is 2. The van der Waals surface area contributed by atoms with Gasteiger partial charge in [-0.25, -0.2) is 9.97 Å². The Morgan fingerprint density at radius 3 is 2.94 bits per heavy atom. The molecule has 0 aliphatic rings. The number of nitrogens with one attached hydrogen (secondary N) is 1. The maximum Gasteiger partial charge on any atom is 0.137 e. The highest BCUT2D eigenvalue weighted by molar-refractivity contribution is 6.18. The smallest absolute Gasteiger partial charge is 0.137 e. The van der Waals surface area contributed by atoms with Gasteiger partial charge < -0.3 is 10.1 Å². The van der Waals surface area contributed by atoms with Crippen LogP contribution in [0.25, 0.3) is 10.9 Å². The molecule has 90 valence electrons. The van der Waals surface area contributed by atoms with Gasteiger partial charge in [-0.3, -0.25) is 0 Å². The Morgan fingerprint density at radius 2 is 2.18 bits per heavy atom. The average molecular weight is 252 g/mol. The number of para-hydroxylation sites is 1. The first-order valence-electron chi connectivity index (χ1n) is 5.36. The molecule has 0 saturated heterocycles. The molecule has 2 rings (SSSR count). The minimum absolute atomic E-state index is 0.0416. The van der Waals surface area contributed by atoms with Crippen molar-refractivity contribution < 1.29 is 4.74 Å². The summed E-state index contributed by atoms with van der Waals surface area (Å²) in [5.74, 6) is 1.25. The fourth-order valence-corrected chi connectivity index (χ4v) is 1.81. The van der Waals surface area contributed by atoms with Crippen molar-refractivity contribution in [3.63, 3.8) is 0 Å². The van der Waals surface area contributed by atoms with Gasteiger partial charge in [0.05, 0.1) is 18.2 Å². The molecule has 0 amide bonds. The number of fused-ring (bicyclic) bond motifs is 1. The number of benzene rings is 1. The molecule has 0 saturated carbocycles. The van der Waals surface area contributed by atoms with Gasteiger partial charge in [-0.05, 0) is 12.1 Å². The van der Waals surface area contributed by atoms with Gasteiger partial charge in [0.1, 0.15) is 12.1 Å². The average Bonchev–Trinajstić information content (AvgIpc) is 2.38. The predicted molar refractivity (Wildman–Crippen MR) is 69.5 cm³/mol. The minimum atomic E-state index is 0.0416. The largest absolute Gasteiger partial charge is 0.383 e. The van der Waals surface area contributed by atoms with Gasteiger partial charge in [0.25, 0.3) is 0 Å². The second kappa shape index (κ2) is 5.80. The van der Waals surface area contributed by atoms with E-state index in [2.05, 4.69) is 15.3 Å². The molecule has 0 aliphatic heterocycles. The first-order chi connectivity index (χ1) is 8.35. The first-order valence-corrected chi connectivity index (χ1v) is 5.89. The highest BCUT2D eigenvalue weighted by Gasteiger charge is 2.09. The third-order valence-corrected chi connectivity index (χ3v) is 2.81. The molecule has 1 aromatic carbocycles. The lowest BCUT2D eigenvalue weighted by atomic mass is 10.2. The fourth-order valence-electron chi connectivity index (χ4n) is 1.64. The summed E-state index contributed by atoms with van der Waals surface area (Å²) in [7, 11) is 1.65. The van der Waals surface area contributed by atoms with E-state index in [1.807, 2.05) is 24.3 Å². The number of anilines is 1. The molecule has 5 heteroatoms. The molecule has 0 radical (unpaired) electrons. The number of halogens is 1. The number of nitrogens with zero attached hydrogens (tertiary/aromatic N) is 2. The van der Waals surface area contributed by atoms with Gasteiger partial charge in [0.2, 0.25) is 0 Å². The van der Waals surface area contributed by atoms with Crippen molar-refractivity contribution >= 4 is 28.3 Å². The Morgan fingerprint density at radius 1 is 1.35 bits per heavy atom. The molecule has 4 nitrogen and oxygen atoms in total. The Kier molecular flexibility index (Phi) is 4.12. The summed E-state index contributed by atoms with van der Waals surface area (Å²) in [5.41, 5.74) is 0.913. The van der Waals surface area contributed by atoms with E-state index in [0.717, 1.165) is 16.7 Å². The van der Waals surface area contributed by atoms with E-state index in [1.54, 1.807) is 13.4 Å². The summed E-state index contributed by atoms with van der Waals surface area (Å²) in [6.07, 6.45) is 1.54. The van der Waals surface area contributed by atoms with E-state index in [1.165, 1.54) is 0 Å². The predicted octanol–water partition coefficient (Wildman–Crippen LogP) is 2.30. The van der Waals surface area contributed by atoms with Crippen LogP contribution in [0.4, 0.5) is 5.82 Å². The lowest BCUT2D eigenvalue weighted by molar-refractivity contribution is 0.191. The molecular formula is C12H14ClN3O.